The van der Waals surface area contributed by atoms with E-state index in [1.54, 1.807) is 36.3 Å². The Labute approximate surface area is 224 Å². The molecule has 202 valence electrons. The lowest BCUT2D eigenvalue weighted by molar-refractivity contribution is 0.0958. The highest BCUT2D eigenvalue weighted by atomic mass is 19.1. The van der Waals surface area contributed by atoms with Crippen molar-refractivity contribution in [3.63, 3.8) is 0 Å². The molecule has 0 atom stereocenters. The molecule has 1 aliphatic carbocycles. The summed E-state index contributed by atoms with van der Waals surface area (Å²) in [4.78, 5) is 32.5. The van der Waals surface area contributed by atoms with Crippen LogP contribution in [0.2, 0.25) is 0 Å². The Hall–Kier alpha value is -4.25. The van der Waals surface area contributed by atoms with Crippen LogP contribution < -0.4 is 15.8 Å². The molecule has 4 aromatic heterocycles. The number of carbonyl (C=O) groups is 1. The summed E-state index contributed by atoms with van der Waals surface area (Å²) in [6.07, 6.45) is 6.56. The Balaban J connectivity index is 1.41. The van der Waals surface area contributed by atoms with Crippen molar-refractivity contribution in [2.24, 2.45) is 14.1 Å². The Bertz CT molecular complexity index is 1660. The second kappa shape index (κ2) is 9.49. The minimum atomic E-state index is -0.458. The number of halogens is 1. The van der Waals surface area contributed by atoms with E-state index < -0.39 is 18.3 Å². The van der Waals surface area contributed by atoms with E-state index in [0.717, 1.165) is 30.7 Å². The van der Waals surface area contributed by atoms with E-state index in [0.29, 0.717) is 53.3 Å². The number of anilines is 3. The smallest absolute Gasteiger partial charge is 0.279 e. The molecule has 0 bridgehead atoms. The van der Waals surface area contributed by atoms with Gasteiger partial charge in [0, 0.05) is 73.7 Å². The van der Waals surface area contributed by atoms with Crippen LogP contribution in [0.4, 0.5) is 21.7 Å². The molecule has 10 nitrogen and oxygen atoms in total. The van der Waals surface area contributed by atoms with Crippen molar-refractivity contribution < 1.29 is 14.3 Å². The fraction of sp³-hybridized carbons (Fsp3) is 0.357. The van der Waals surface area contributed by atoms with Crippen LogP contribution in [-0.4, -0.2) is 41.5 Å². The lowest BCUT2D eigenvalue weighted by Gasteiger charge is -2.30. The van der Waals surface area contributed by atoms with Crippen LogP contribution >= 0.6 is 0 Å². The van der Waals surface area contributed by atoms with Crippen LogP contribution in [0.3, 0.4) is 0 Å². The molecule has 0 radical (unpaired) electrons. The van der Waals surface area contributed by atoms with Gasteiger partial charge in [-0.2, -0.15) is 5.10 Å². The highest BCUT2D eigenvalue weighted by Crippen LogP contribution is 2.36. The van der Waals surface area contributed by atoms with Crippen LogP contribution in [0.1, 0.15) is 45.8 Å². The first-order chi connectivity index (χ1) is 18.8. The topological polar surface area (TPSA) is 110 Å². The van der Waals surface area contributed by atoms with Crippen molar-refractivity contribution in [2.45, 2.75) is 45.8 Å². The maximum absolute atomic E-state index is 15.4. The highest BCUT2D eigenvalue weighted by Gasteiger charge is 2.36. The number of amides is 1. The molecule has 0 unspecified atom stereocenters. The molecule has 11 heteroatoms. The number of aliphatic hydroxyl groups excluding tert-OH is 1. The number of aryl methyl sites for hydroxylation is 3. The van der Waals surface area contributed by atoms with Gasteiger partial charge in [0.15, 0.2) is 11.6 Å². The van der Waals surface area contributed by atoms with Crippen molar-refractivity contribution >= 4 is 23.2 Å². The van der Waals surface area contributed by atoms with Crippen LogP contribution in [-0.2, 0) is 40.1 Å². The summed E-state index contributed by atoms with van der Waals surface area (Å²) in [5.74, 6) is -0.0669. The second-order valence-corrected chi connectivity index (χ2v) is 10.2. The van der Waals surface area contributed by atoms with Crippen molar-refractivity contribution in [2.75, 3.05) is 16.8 Å². The maximum atomic E-state index is 15.4. The van der Waals surface area contributed by atoms with E-state index in [2.05, 4.69) is 15.4 Å². The van der Waals surface area contributed by atoms with Gasteiger partial charge in [-0.3, -0.25) is 19.2 Å². The van der Waals surface area contributed by atoms with Gasteiger partial charge in [0.05, 0.1) is 6.61 Å². The minimum absolute atomic E-state index is 0.0727. The molecule has 2 N–H and O–H groups in total. The molecule has 4 aromatic rings. The summed E-state index contributed by atoms with van der Waals surface area (Å²) in [6, 6.07) is 5.27. The summed E-state index contributed by atoms with van der Waals surface area (Å²) in [6.45, 7) is 2.29. The van der Waals surface area contributed by atoms with Crippen LogP contribution in [0.5, 0.6) is 0 Å². The molecule has 0 saturated heterocycles. The number of carbonyl (C=O) groups excluding carboxylic acids is 1. The number of hydrogen-bond acceptors (Lipinski definition) is 6. The summed E-state index contributed by atoms with van der Waals surface area (Å²) >= 11 is 0. The summed E-state index contributed by atoms with van der Waals surface area (Å²) in [5, 5.41) is 17.9. The van der Waals surface area contributed by atoms with Gasteiger partial charge in [-0.15, -0.1) is 0 Å². The standard InChI is InChI=1S/C28H30FN7O3/c1-16-12-23(32-34(16)3)31-21-13-17(14-33(2)27(21)38)18-8-9-30-26(20(18)15-37)36-11-10-35-22-7-5-4-6-19(22)24(29)25(35)28(36)39/h8-9,12-14,37H,4-7,10-11,15H2,1-3H3,(H,31,32). The van der Waals surface area contributed by atoms with E-state index in [1.807, 2.05) is 24.6 Å². The molecule has 1 amide bonds. The lowest BCUT2D eigenvalue weighted by atomic mass is 9.97. The average molecular weight is 532 g/mol. The van der Waals surface area contributed by atoms with Gasteiger partial charge < -0.3 is 19.6 Å². The zero-order valence-corrected chi connectivity index (χ0v) is 22.2. The number of aromatic nitrogens is 5. The highest BCUT2D eigenvalue weighted by molar-refractivity contribution is 6.06. The number of hydrogen-bond donors (Lipinski definition) is 2. The number of rotatable bonds is 5. The first kappa shape index (κ1) is 25.1. The van der Waals surface area contributed by atoms with E-state index in [4.69, 9.17) is 0 Å². The first-order valence-electron chi connectivity index (χ1n) is 13.1. The Morgan fingerprint density at radius 2 is 1.92 bits per heavy atom. The summed E-state index contributed by atoms with van der Waals surface area (Å²) in [7, 11) is 3.47. The number of nitrogens with zero attached hydrogens (tertiary/aromatic N) is 6. The first-order valence-corrected chi connectivity index (χ1v) is 13.1. The van der Waals surface area contributed by atoms with E-state index in [1.165, 1.54) is 9.47 Å². The van der Waals surface area contributed by atoms with Gasteiger partial charge in [-0.1, -0.05) is 0 Å². The molecule has 5 heterocycles. The van der Waals surface area contributed by atoms with Crippen molar-refractivity contribution in [3.8, 4) is 11.1 Å². The molecule has 0 fully saturated rings. The zero-order chi connectivity index (χ0) is 27.4. The molecule has 0 spiro atoms. The van der Waals surface area contributed by atoms with Gasteiger partial charge in [0.1, 0.15) is 17.2 Å². The number of pyridine rings is 2. The minimum Gasteiger partial charge on any atom is -0.392 e. The SMILES string of the molecule is Cc1cc(Nc2cc(-c3ccnc(N4CCn5c6c(c(F)c5C4=O)CCCC6)c3CO)cn(C)c2=O)nn1C. The maximum Gasteiger partial charge on any atom is 0.279 e. The van der Waals surface area contributed by atoms with Crippen LogP contribution in [0.25, 0.3) is 11.1 Å². The third-order valence-electron chi connectivity index (χ3n) is 7.82. The average Bonchev–Trinajstić information content (AvgIpc) is 3.41. The van der Waals surface area contributed by atoms with Crippen molar-refractivity contribution in [3.05, 3.63) is 75.0 Å². The fourth-order valence-electron chi connectivity index (χ4n) is 5.76. The van der Waals surface area contributed by atoms with Crippen molar-refractivity contribution in [1.82, 2.24) is 23.9 Å². The third-order valence-corrected chi connectivity index (χ3v) is 7.82. The number of aliphatic hydroxyl groups is 1. The zero-order valence-electron chi connectivity index (χ0n) is 22.2. The molecule has 0 aromatic carbocycles. The molecule has 39 heavy (non-hydrogen) atoms. The number of fused-ring (bicyclic) bond motifs is 3. The predicted molar refractivity (Wildman–Crippen MR) is 145 cm³/mol. The lowest BCUT2D eigenvalue weighted by Crippen LogP contribution is -2.42. The van der Waals surface area contributed by atoms with Crippen LogP contribution in [0, 0.1) is 12.7 Å². The van der Waals surface area contributed by atoms with Gasteiger partial charge in [0.2, 0.25) is 0 Å². The quantitative estimate of drug-likeness (QED) is 0.409. The molecule has 2 aliphatic rings. The summed E-state index contributed by atoms with van der Waals surface area (Å²) < 4.78 is 20.4. The van der Waals surface area contributed by atoms with Gasteiger partial charge in [0.25, 0.3) is 11.5 Å². The van der Waals surface area contributed by atoms with E-state index in [-0.39, 0.29) is 17.1 Å². The largest absolute Gasteiger partial charge is 0.392 e. The van der Waals surface area contributed by atoms with Gasteiger partial charge >= 0.3 is 0 Å². The van der Waals surface area contributed by atoms with Gasteiger partial charge in [-0.05, 0) is 50.3 Å². The van der Waals surface area contributed by atoms with E-state index >= 15 is 4.39 Å². The molecular formula is C28H30FN7O3. The fourth-order valence-corrected chi connectivity index (χ4v) is 5.76. The third kappa shape index (κ3) is 4.04. The number of nitrogens with one attached hydrogen (secondary N) is 1. The summed E-state index contributed by atoms with van der Waals surface area (Å²) in [5.41, 5.74) is 4.35. The Kier molecular flexibility index (Phi) is 6.10. The Morgan fingerprint density at radius 3 is 2.67 bits per heavy atom. The predicted octanol–water partition coefficient (Wildman–Crippen LogP) is 3.20. The molecule has 0 saturated carbocycles. The van der Waals surface area contributed by atoms with Crippen LogP contribution in [0.15, 0.2) is 35.4 Å². The molecule has 1 aliphatic heterocycles. The molecular weight excluding hydrogens is 501 g/mol. The normalized spacial score (nSPS) is 14.9. The van der Waals surface area contributed by atoms with Gasteiger partial charge in [-0.25, -0.2) is 9.37 Å². The van der Waals surface area contributed by atoms with Crippen molar-refractivity contribution in [1.29, 1.82) is 0 Å². The molecule has 6 rings (SSSR count). The second-order valence-electron chi connectivity index (χ2n) is 10.2. The Morgan fingerprint density at radius 1 is 1.13 bits per heavy atom. The monoisotopic (exact) mass is 531 g/mol. The van der Waals surface area contributed by atoms with E-state index in [9.17, 15) is 14.7 Å².